The van der Waals surface area contributed by atoms with E-state index in [2.05, 4.69) is 5.32 Å². The molecular formula is C9H7ClFNO2. The number of hydrogen-bond acceptors (Lipinski definition) is 2. The number of aliphatic carboxylic acids is 1. The summed E-state index contributed by atoms with van der Waals surface area (Å²) in [6.45, 7) is 0. The van der Waals surface area contributed by atoms with Gasteiger partial charge < -0.3 is 10.4 Å². The lowest BCUT2D eigenvalue weighted by molar-refractivity contribution is -0.131. The first-order valence-electron chi connectivity index (χ1n) is 3.70. The molecule has 0 radical (unpaired) electrons. The molecule has 1 aromatic carbocycles. The van der Waals surface area contributed by atoms with E-state index in [0.29, 0.717) is 5.69 Å². The summed E-state index contributed by atoms with van der Waals surface area (Å²) < 4.78 is 12.9. The van der Waals surface area contributed by atoms with Gasteiger partial charge in [0.05, 0.1) is 5.02 Å². The third-order valence-corrected chi connectivity index (χ3v) is 1.70. The van der Waals surface area contributed by atoms with Crippen LogP contribution in [0.5, 0.6) is 0 Å². The van der Waals surface area contributed by atoms with Crippen LogP contribution in [0.25, 0.3) is 0 Å². The summed E-state index contributed by atoms with van der Waals surface area (Å²) in [5.74, 6) is -1.63. The van der Waals surface area contributed by atoms with Crippen LogP contribution < -0.4 is 5.32 Å². The second-order valence-corrected chi connectivity index (χ2v) is 2.85. The van der Waals surface area contributed by atoms with Gasteiger partial charge in [-0.05, 0) is 18.2 Å². The fourth-order valence-electron chi connectivity index (χ4n) is 0.795. The van der Waals surface area contributed by atoms with Gasteiger partial charge in [0.1, 0.15) is 5.82 Å². The van der Waals surface area contributed by atoms with E-state index in [1.54, 1.807) is 0 Å². The Labute approximate surface area is 84.8 Å². The summed E-state index contributed by atoms with van der Waals surface area (Å²) >= 11 is 5.45. The van der Waals surface area contributed by atoms with Crippen molar-refractivity contribution in [2.24, 2.45) is 0 Å². The number of hydrogen-bond donors (Lipinski definition) is 2. The van der Waals surface area contributed by atoms with E-state index in [1.165, 1.54) is 24.4 Å². The van der Waals surface area contributed by atoms with Gasteiger partial charge in [0.15, 0.2) is 0 Å². The molecule has 0 aliphatic rings. The van der Waals surface area contributed by atoms with Crippen molar-refractivity contribution in [3.8, 4) is 0 Å². The van der Waals surface area contributed by atoms with Crippen LogP contribution >= 0.6 is 11.6 Å². The summed E-state index contributed by atoms with van der Waals surface area (Å²) in [5, 5.41) is 10.9. The molecule has 5 heteroatoms. The zero-order chi connectivity index (χ0) is 10.6. The predicted octanol–water partition coefficient (Wildman–Crippen LogP) is 2.49. The molecular weight excluding hydrogens is 209 g/mol. The molecule has 0 amide bonds. The van der Waals surface area contributed by atoms with Crippen LogP contribution in [0.4, 0.5) is 10.1 Å². The van der Waals surface area contributed by atoms with Crippen molar-refractivity contribution >= 4 is 23.3 Å². The van der Waals surface area contributed by atoms with Gasteiger partial charge in [-0.3, -0.25) is 0 Å². The predicted molar refractivity (Wildman–Crippen MR) is 51.8 cm³/mol. The van der Waals surface area contributed by atoms with Crippen molar-refractivity contribution in [1.29, 1.82) is 0 Å². The van der Waals surface area contributed by atoms with E-state index < -0.39 is 11.8 Å². The molecule has 0 bridgehead atoms. The minimum atomic E-state index is -1.08. The number of anilines is 1. The van der Waals surface area contributed by atoms with Gasteiger partial charge in [-0.25, -0.2) is 9.18 Å². The zero-order valence-electron chi connectivity index (χ0n) is 7.00. The molecule has 0 aliphatic heterocycles. The number of halogens is 2. The van der Waals surface area contributed by atoms with Gasteiger partial charge in [0.25, 0.3) is 0 Å². The molecule has 0 spiro atoms. The number of carbonyl (C=O) groups is 1. The Kier molecular flexibility index (Phi) is 3.48. The van der Waals surface area contributed by atoms with Gasteiger partial charge in [-0.2, -0.15) is 0 Å². The smallest absolute Gasteiger partial charge is 0.329 e. The Bertz CT molecular complexity index is 379. The quantitative estimate of drug-likeness (QED) is 0.762. The molecule has 0 aromatic heterocycles. The van der Waals surface area contributed by atoms with Crippen molar-refractivity contribution in [3.05, 3.63) is 41.3 Å². The Morgan fingerprint density at radius 2 is 2.29 bits per heavy atom. The first kappa shape index (κ1) is 10.5. The van der Waals surface area contributed by atoms with Crippen molar-refractivity contribution < 1.29 is 14.3 Å². The summed E-state index contributed by atoms with van der Waals surface area (Å²) in [5.41, 5.74) is 0.435. The Balaban J connectivity index is 2.69. The minimum Gasteiger partial charge on any atom is -0.478 e. The molecule has 1 aromatic rings. The molecule has 1 rings (SSSR count). The van der Waals surface area contributed by atoms with Crippen LogP contribution in [0.2, 0.25) is 5.02 Å². The highest BCUT2D eigenvalue weighted by molar-refractivity contribution is 6.30. The fraction of sp³-hybridized carbons (Fsp3) is 0. The van der Waals surface area contributed by atoms with Crippen LogP contribution in [0.3, 0.4) is 0 Å². The number of benzene rings is 1. The number of rotatable bonds is 3. The Morgan fingerprint density at radius 1 is 1.57 bits per heavy atom. The molecule has 74 valence electrons. The van der Waals surface area contributed by atoms with Crippen LogP contribution in [0.1, 0.15) is 0 Å². The Morgan fingerprint density at radius 3 is 2.86 bits per heavy atom. The van der Waals surface area contributed by atoms with Gasteiger partial charge in [-0.1, -0.05) is 11.6 Å². The second kappa shape index (κ2) is 4.62. The molecule has 0 heterocycles. The standard InChI is InChI=1S/C9H7ClFNO2/c10-7-2-1-6(5-8(7)11)12-4-3-9(13)14/h1-5,12H,(H,13,14)/b4-3+. The molecule has 0 aliphatic carbocycles. The summed E-state index contributed by atoms with van der Waals surface area (Å²) in [6.07, 6.45) is 2.11. The van der Waals surface area contributed by atoms with Crippen LogP contribution in [0, 0.1) is 5.82 Å². The maximum absolute atomic E-state index is 12.9. The molecule has 0 fully saturated rings. The minimum absolute atomic E-state index is 0.0257. The average molecular weight is 216 g/mol. The zero-order valence-corrected chi connectivity index (χ0v) is 7.75. The van der Waals surface area contributed by atoms with E-state index in [1.807, 2.05) is 0 Å². The highest BCUT2D eigenvalue weighted by Gasteiger charge is 1.98. The molecule has 3 nitrogen and oxygen atoms in total. The summed E-state index contributed by atoms with van der Waals surface area (Å²) in [7, 11) is 0. The highest BCUT2D eigenvalue weighted by atomic mass is 35.5. The van der Waals surface area contributed by atoms with E-state index in [0.717, 1.165) is 6.08 Å². The van der Waals surface area contributed by atoms with Gasteiger partial charge in [0, 0.05) is 18.0 Å². The summed E-state index contributed by atoms with van der Waals surface area (Å²) in [4.78, 5) is 10.1. The van der Waals surface area contributed by atoms with Crippen molar-refractivity contribution in [2.45, 2.75) is 0 Å². The maximum atomic E-state index is 12.9. The first-order valence-corrected chi connectivity index (χ1v) is 4.08. The SMILES string of the molecule is O=C(O)/C=C/Nc1ccc(Cl)c(F)c1. The lowest BCUT2D eigenvalue weighted by atomic mass is 10.3. The lowest BCUT2D eigenvalue weighted by Gasteiger charge is -2.00. The van der Waals surface area contributed by atoms with Crippen molar-refractivity contribution in [3.63, 3.8) is 0 Å². The normalized spacial score (nSPS) is 10.4. The van der Waals surface area contributed by atoms with E-state index in [9.17, 15) is 9.18 Å². The van der Waals surface area contributed by atoms with Crippen LogP contribution in [-0.2, 0) is 4.79 Å². The van der Waals surface area contributed by atoms with E-state index in [-0.39, 0.29) is 5.02 Å². The third kappa shape index (κ3) is 3.06. The van der Waals surface area contributed by atoms with Gasteiger partial charge in [0.2, 0.25) is 0 Å². The molecule has 0 saturated carbocycles. The summed E-state index contributed by atoms with van der Waals surface area (Å²) in [6, 6.07) is 4.10. The third-order valence-electron chi connectivity index (χ3n) is 1.40. The topological polar surface area (TPSA) is 49.3 Å². The Hall–Kier alpha value is -1.55. The monoisotopic (exact) mass is 215 g/mol. The van der Waals surface area contributed by atoms with E-state index in [4.69, 9.17) is 16.7 Å². The maximum Gasteiger partial charge on any atom is 0.329 e. The first-order chi connectivity index (χ1) is 6.59. The largest absolute Gasteiger partial charge is 0.478 e. The van der Waals surface area contributed by atoms with Crippen LogP contribution in [-0.4, -0.2) is 11.1 Å². The molecule has 0 unspecified atom stereocenters. The van der Waals surface area contributed by atoms with Crippen molar-refractivity contribution in [1.82, 2.24) is 0 Å². The number of nitrogens with one attached hydrogen (secondary N) is 1. The molecule has 0 saturated heterocycles. The van der Waals surface area contributed by atoms with Gasteiger partial charge >= 0.3 is 5.97 Å². The average Bonchev–Trinajstić information content (AvgIpc) is 2.10. The van der Waals surface area contributed by atoms with Gasteiger partial charge in [-0.15, -0.1) is 0 Å². The van der Waals surface area contributed by atoms with E-state index >= 15 is 0 Å². The lowest BCUT2D eigenvalue weighted by Crippen LogP contribution is -1.92. The number of carboxylic acid groups (broad SMARTS) is 1. The fourth-order valence-corrected chi connectivity index (χ4v) is 0.913. The number of carboxylic acids is 1. The molecule has 0 atom stereocenters. The molecule has 14 heavy (non-hydrogen) atoms. The van der Waals surface area contributed by atoms with Crippen LogP contribution in [0.15, 0.2) is 30.5 Å². The molecule has 2 N–H and O–H groups in total. The van der Waals surface area contributed by atoms with Crippen molar-refractivity contribution in [2.75, 3.05) is 5.32 Å². The highest BCUT2D eigenvalue weighted by Crippen LogP contribution is 2.18. The second-order valence-electron chi connectivity index (χ2n) is 2.44.